The number of hydrogen-bond acceptors (Lipinski definition) is 4. The summed E-state index contributed by atoms with van der Waals surface area (Å²) in [6.07, 6.45) is 1.12. The molecule has 0 saturated carbocycles. The highest BCUT2D eigenvalue weighted by molar-refractivity contribution is 5.97. The van der Waals surface area contributed by atoms with Crippen molar-refractivity contribution in [2.45, 2.75) is 51.9 Å². The van der Waals surface area contributed by atoms with Crippen LogP contribution in [0.4, 0.5) is 10.5 Å². The minimum atomic E-state index is -0.988. The third-order valence-corrected chi connectivity index (χ3v) is 5.64. The number of carboxylic acid groups (broad SMARTS) is 1. The Hall–Kier alpha value is -3.39. The van der Waals surface area contributed by atoms with E-state index in [0.29, 0.717) is 36.2 Å². The van der Waals surface area contributed by atoms with Crippen molar-refractivity contribution in [1.29, 1.82) is 0 Å². The molecule has 0 aliphatic carbocycles. The molecule has 0 aromatic heterocycles. The Morgan fingerprint density at radius 3 is 2.59 bits per heavy atom. The van der Waals surface area contributed by atoms with Gasteiger partial charge in [-0.25, -0.2) is 9.59 Å². The smallest absolute Gasteiger partial charge is 0.326 e. The molecule has 0 spiro atoms. The number of aliphatic hydroxyl groups is 1. The lowest BCUT2D eigenvalue weighted by Gasteiger charge is -2.28. The van der Waals surface area contributed by atoms with Gasteiger partial charge in [-0.15, -0.1) is 0 Å². The predicted octanol–water partition coefficient (Wildman–Crippen LogP) is 3.31. The molecule has 3 rings (SSSR count). The van der Waals surface area contributed by atoms with Crippen molar-refractivity contribution < 1.29 is 24.6 Å². The van der Waals surface area contributed by atoms with Crippen LogP contribution < -0.4 is 5.32 Å². The number of carbonyl (C=O) groups is 3. The molecule has 0 unspecified atom stereocenters. The number of amides is 3. The monoisotopic (exact) mass is 439 g/mol. The first kappa shape index (κ1) is 23.3. The fraction of sp³-hybridized carbons (Fsp3) is 0.375. The predicted molar refractivity (Wildman–Crippen MR) is 120 cm³/mol. The van der Waals surface area contributed by atoms with Crippen LogP contribution in [0.5, 0.6) is 0 Å². The second-order valence-corrected chi connectivity index (χ2v) is 8.16. The fourth-order valence-electron chi connectivity index (χ4n) is 3.89. The van der Waals surface area contributed by atoms with E-state index in [1.54, 1.807) is 47.4 Å². The molecule has 8 nitrogen and oxygen atoms in total. The van der Waals surface area contributed by atoms with E-state index in [1.807, 2.05) is 19.9 Å². The number of urea groups is 1. The molecule has 0 radical (unpaired) electrons. The molecular weight excluding hydrogens is 410 g/mol. The average molecular weight is 440 g/mol. The summed E-state index contributed by atoms with van der Waals surface area (Å²) in [7, 11) is 0. The van der Waals surface area contributed by atoms with E-state index in [4.69, 9.17) is 0 Å². The largest absolute Gasteiger partial charge is 0.480 e. The summed E-state index contributed by atoms with van der Waals surface area (Å²) in [5.74, 6) is -1.30. The van der Waals surface area contributed by atoms with Gasteiger partial charge in [0.1, 0.15) is 6.04 Å². The lowest BCUT2D eigenvalue weighted by molar-refractivity contribution is -0.141. The first-order valence-corrected chi connectivity index (χ1v) is 10.7. The summed E-state index contributed by atoms with van der Waals surface area (Å²) in [6, 6.07) is 12.8. The first-order chi connectivity index (χ1) is 15.3. The Balaban J connectivity index is 1.76. The molecule has 2 aromatic rings. The number of aliphatic hydroxyl groups excluding tert-OH is 1. The Morgan fingerprint density at radius 1 is 1.16 bits per heavy atom. The summed E-state index contributed by atoms with van der Waals surface area (Å²) >= 11 is 0. The Labute approximate surface area is 187 Å². The molecule has 0 bridgehead atoms. The van der Waals surface area contributed by atoms with Crippen LogP contribution in [0.25, 0.3) is 0 Å². The zero-order valence-corrected chi connectivity index (χ0v) is 18.3. The number of para-hydroxylation sites is 1. The van der Waals surface area contributed by atoms with Gasteiger partial charge in [0, 0.05) is 35.9 Å². The van der Waals surface area contributed by atoms with E-state index in [9.17, 15) is 24.6 Å². The molecule has 32 heavy (non-hydrogen) atoms. The number of nitrogens with one attached hydrogen (secondary N) is 1. The number of rotatable bonds is 7. The number of likely N-dealkylation sites (tertiary alicyclic amines) is 1. The van der Waals surface area contributed by atoms with Gasteiger partial charge in [-0.3, -0.25) is 4.79 Å². The first-order valence-electron chi connectivity index (χ1n) is 10.7. The van der Waals surface area contributed by atoms with Gasteiger partial charge in [0.05, 0.1) is 6.61 Å². The lowest BCUT2D eigenvalue weighted by Crippen LogP contribution is -2.41. The van der Waals surface area contributed by atoms with Crippen LogP contribution >= 0.6 is 0 Å². The van der Waals surface area contributed by atoms with E-state index in [1.165, 1.54) is 4.90 Å². The van der Waals surface area contributed by atoms with Crippen LogP contribution in [0, 0.1) is 0 Å². The van der Waals surface area contributed by atoms with Crippen LogP contribution in [-0.2, 0) is 17.9 Å². The molecule has 3 N–H and O–H groups in total. The van der Waals surface area contributed by atoms with Gasteiger partial charge in [0.2, 0.25) is 0 Å². The molecule has 1 saturated heterocycles. The van der Waals surface area contributed by atoms with E-state index in [0.717, 1.165) is 5.56 Å². The van der Waals surface area contributed by atoms with Crippen molar-refractivity contribution in [2.24, 2.45) is 0 Å². The maximum atomic E-state index is 13.0. The van der Waals surface area contributed by atoms with Gasteiger partial charge >= 0.3 is 12.0 Å². The average Bonchev–Trinajstić information content (AvgIpc) is 3.27. The van der Waals surface area contributed by atoms with Crippen molar-refractivity contribution in [2.75, 3.05) is 11.9 Å². The molecule has 1 aliphatic heterocycles. The highest BCUT2D eigenvalue weighted by Gasteiger charge is 2.34. The number of aliphatic carboxylic acids is 1. The number of carboxylic acids is 1. The number of carbonyl (C=O) groups excluding carboxylic acids is 2. The lowest BCUT2D eigenvalue weighted by atomic mass is 10.1. The van der Waals surface area contributed by atoms with Gasteiger partial charge < -0.3 is 25.3 Å². The molecule has 1 fully saturated rings. The summed E-state index contributed by atoms with van der Waals surface area (Å²) in [5, 5.41) is 21.7. The summed E-state index contributed by atoms with van der Waals surface area (Å²) in [4.78, 5) is 40.4. The normalized spacial score (nSPS) is 15.6. The third kappa shape index (κ3) is 5.26. The fourth-order valence-corrected chi connectivity index (χ4v) is 3.89. The van der Waals surface area contributed by atoms with Gasteiger partial charge in [-0.1, -0.05) is 30.3 Å². The molecular formula is C24H29N3O5. The summed E-state index contributed by atoms with van der Waals surface area (Å²) < 4.78 is 0. The van der Waals surface area contributed by atoms with Crippen molar-refractivity contribution in [3.05, 3.63) is 65.2 Å². The minimum Gasteiger partial charge on any atom is -0.480 e. The SMILES string of the molecule is CC(C)N(Cc1cccc(C(=O)N2CCC[C@@H]2C(=O)O)c1)C(=O)Nc1ccccc1CO. The zero-order chi connectivity index (χ0) is 23.3. The zero-order valence-electron chi connectivity index (χ0n) is 18.3. The molecule has 1 aliphatic rings. The summed E-state index contributed by atoms with van der Waals surface area (Å²) in [5.41, 5.74) is 2.34. The Bertz CT molecular complexity index is 991. The summed E-state index contributed by atoms with van der Waals surface area (Å²) in [6.45, 7) is 4.30. The van der Waals surface area contributed by atoms with Crippen molar-refractivity contribution in [3.63, 3.8) is 0 Å². The quantitative estimate of drug-likeness (QED) is 0.613. The van der Waals surface area contributed by atoms with Crippen LogP contribution in [0.3, 0.4) is 0 Å². The van der Waals surface area contributed by atoms with E-state index >= 15 is 0 Å². The number of nitrogens with zero attached hydrogens (tertiary/aromatic N) is 2. The van der Waals surface area contributed by atoms with Crippen LogP contribution in [0.15, 0.2) is 48.5 Å². The highest BCUT2D eigenvalue weighted by atomic mass is 16.4. The third-order valence-electron chi connectivity index (χ3n) is 5.64. The molecule has 3 amide bonds. The van der Waals surface area contributed by atoms with Gasteiger partial charge in [0.25, 0.3) is 5.91 Å². The number of hydrogen-bond donors (Lipinski definition) is 3. The Kier molecular flexibility index (Phi) is 7.48. The maximum Gasteiger partial charge on any atom is 0.326 e. The molecule has 1 atom stereocenters. The second-order valence-electron chi connectivity index (χ2n) is 8.16. The van der Waals surface area contributed by atoms with E-state index in [-0.39, 0.29) is 31.1 Å². The number of benzene rings is 2. The van der Waals surface area contributed by atoms with Crippen LogP contribution in [-0.4, -0.2) is 56.5 Å². The van der Waals surface area contributed by atoms with Crippen molar-refractivity contribution >= 4 is 23.6 Å². The second kappa shape index (κ2) is 10.3. The number of anilines is 1. The topological polar surface area (TPSA) is 110 Å². The van der Waals surface area contributed by atoms with Crippen molar-refractivity contribution in [1.82, 2.24) is 9.80 Å². The van der Waals surface area contributed by atoms with Crippen LogP contribution in [0.1, 0.15) is 48.2 Å². The van der Waals surface area contributed by atoms with E-state index < -0.39 is 12.0 Å². The standard InChI is InChI=1S/C24H29N3O5/c1-16(2)27(24(32)25-20-10-4-3-8-19(20)15-28)14-17-7-5-9-18(13-17)22(29)26-12-6-11-21(26)23(30)31/h3-5,7-10,13,16,21,28H,6,11-12,14-15H2,1-2H3,(H,25,32)(H,30,31)/t21-/m1/s1. The Morgan fingerprint density at radius 2 is 1.91 bits per heavy atom. The maximum absolute atomic E-state index is 13.0. The highest BCUT2D eigenvalue weighted by Crippen LogP contribution is 2.22. The molecule has 1 heterocycles. The minimum absolute atomic E-state index is 0.120. The van der Waals surface area contributed by atoms with Crippen LogP contribution in [0.2, 0.25) is 0 Å². The van der Waals surface area contributed by atoms with Gasteiger partial charge in [-0.2, -0.15) is 0 Å². The molecule has 170 valence electrons. The molecule has 2 aromatic carbocycles. The van der Waals surface area contributed by atoms with Gasteiger partial charge in [-0.05, 0) is 50.5 Å². The van der Waals surface area contributed by atoms with E-state index in [2.05, 4.69) is 5.32 Å². The molecule has 8 heteroatoms. The van der Waals surface area contributed by atoms with Crippen molar-refractivity contribution in [3.8, 4) is 0 Å². The van der Waals surface area contributed by atoms with Gasteiger partial charge in [0.15, 0.2) is 0 Å².